The number of aliphatic hydroxyl groups is 1. The lowest BCUT2D eigenvalue weighted by Crippen LogP contribution is -2.37. The van der Waals surface area contributed by atoms with E-state index in [2.05, 4.69) is 0 Å². The summed E-state index contributed by atoms with van der Waals surface area (Å²) in [7, 11) is -3.72. The summed E-state index contributed by atoms with van der Waals surface area (Å²) >= 11 is 0. The molecular weight excluding hydrogens is 257 g/mol. The predicted octanol–water partition coefficient (Wildman–Crippen LogP) is 1.28. The fourth-order valence-electron chi connectivity index (χ4n) is 2.29. The largest absolute Gasteiger partial charge is 0.395 e. The fraction of sp³-hybridized carbons (Fsp3) is 0.500. The molecule has 0 aromatic heterocycles. The number of nitrogens with zero attached hydrogens (tertiary/aromatic N) is 1. The second-order valence-corrected chi connectivity index (χ2v) is 6.36. The van der Waals surface area contributed by atoms with Crippen LogP contribution in [-0.4, -0.2) is 37.0 Å². The van der Waals surface area contributed by atoms with E-state index in [1.165, 1.54) is 16.4 Å². The highest BCUT2D eigenvalue weighted by Crippen LogP contribution is 2.27. The summed E-state index contributed by atoms with van der Waals surface area (Å²) in [5, 5.41) is 9.19. The first-order valence-corrected chi connectivity index (χ1v) is 7.29. The summed E-state index contributed by atoms with van der Waals surface area (Å²) in [6.07, 6.45) is 1.36. The quantitative estimate of drug-likeness (QED) is 0.902. The van der Waals surface area contributed by atoms with Crippen LogP contribution in [0.3, 0.4) is 0 Å². The molecule has 0 radical (unpaired) electrons. The smallest absolute Gasteiger partial charge is 0.243 e. The lowest BCUT2D eigenvalue weighted by atomic mass is 10.2. The van der Waals surface area contributed by atoms with Gasteiger partial charge in [0.05, 0.1) is 11.5 Å². The van der Waals surface area contributed by atoms with E-state index in [0.29, 0.717) is 18.5 Å². The average molecular weight is 273 g/mol. The van der Waals surface area contributed by atoms with Crippen molar-refractivity contribution >= 4 is 10.0 Å². The van der Waals surface area contributed by atoms with Gasteiger partial charge < -0.3 is 5.11 Å². The minimum absolute atomic E-state index is 0.0112. The van der Waals surface area contributed by atoms with E-state index in [1.54, 1.807) is 6.92 Å². The topological polar surface area (TPSA) is 57.6 Å². The second kappa shape index (κ2) is 4.95. The van der Waals surface area contributed by atoms with Gasteiger partial charge in [-0.1, -0.05) is 6.07 Å². The zero-order chi connectivity index (χ0) is 13.3. The van der Waals surface area contributed by atoms with E-state index in [0.717, 1.165) is 12.5 Å². The van der Waals surface area contributed by atoms with Crippen molar-refractivity contribution in [3.63, 3.8) is 0 Å². The van der Waals surface area contributed by atoms with Crippen molar-refractivity contribution in [3.05, 3.63) is 29.6 Å². The van der Waals surface area contributed by atoms with Crippen molar-refractivity contribution in [1.29, 1.82) is 0 Å². The molecule has 1 saturated heterocycles. The molecular formula is C12H16FNO3S. The standard InChI is InChI=1S/C12H16FNO3S/c1-9-4-5-10(13)7-12(9)18(16,17)14-6-2-3-11(14)8-15/h4-5,7,11,15H,2-3,6,8H2,1H3/t11-/m0/s1. The van der Waals surface area contributed by atoms with Gasteiger partial charge in [0, 0.05) is 12.6 Å². The van der Waals surface area contributed by atoms with Crippen molar-refractivity contribution < 1.29 is 17.9 Å². The Kier molecular flexibility index (Phi) is 3.70. The summed E-state index contributed by atoms with van der Waals surface area (Å²) in [6.45, 7) is 1.81. The van der Waals surface area contributed by atoms with Crippen LogP contribution in [0.25, 0.3) is 0 Å². The Balaban J connectivity index is 2.45. The Bertz CT molecular complexity index is 544. The van der Waals surface area contributed by atoms with Crippen LogP contribution < -0.4 is 0 Å². The Hall–Kier alpha value is -0.980. The highest BCUT2D eigenvalue weighted by molar-refractivity contribution is 7.89. The van der Waals surface area contributed by atoms with Crippen molar-refractivity contribution in [2.75, 3.05) is 13.2 Å². The van der Waals surface area contributed by atoms with Crippen LogP contribution in [0.4, 0.5) is 4.39 Å². The van der Waals surface area contributed by atoms with E-state index >= 15 is 0 Å². The molecule has 1 heterocycles. The number of hydrogen-bond donors (Lipinski definition) is 1. The van der Waals surface area contributed by atoms with Crippen molar-refractivity contribution in [2.24, 2.45) is 0 Å². The third-order valence-electron chi connectivity index (χ3n) is 3.27. The minimum Gasteiger partial charge on any atom is -0.395 e. The van der Waals surface area contributed by atoms with Gasteiger partial charge in [-0.15, -0.1) is 0 Å². The SMILES string of the molecule is Cc1ccc(F)cc1S(=O)(=O)N1CCC[C@H]1CO. The van der Waals surface area contributed by atoms with Gasteiger partial charge >= 0.3 is 0 Å². The van der Waals surface area contributed by atoms with Gasteiger partial charge in [0.25, 0.3) is 0 Å². The molecule has 0 aliphatic carbocycles. The molecule has 0 bridgehead atoms. The Morgan fingerprint density at radius 3 is 2.89 bits per heavy atom. The van der Waals surface area contributed by atoms with E-state index in [-0.39, 0.29) is 11.5 Å². The van der Waals surface area contributed by atoms with Crippen LogP contribution in [0.15, 0.2) is 23.1 Å². The molecule has 1 aliphatic rings. The second-order valence-electron chi connectivity index (χ2n) is 4.50. The third kappa shape index (κ3) is 2.28. The van der Waals surface area contributed by atoms with E-state index in [9.17, 15) is 17.9 Å². The van der Waals surface area contributed by atoms with Gasteiger partial charge in [-0.05, 0) is 37.5 Å². The first-order valence-electron chi connectivity index (χ1n) is 5.85. The van der Waals surface area contributed by atoms with Crippen molar-refractivity contribution in [3.8, 4) is 0 Å². The Morgan fingerprint density at radius 2 is 2.22 bits per heavy atom. The lowest BCUT2D eigenvalue weighted by Gasteiger charge is -2.23. The van der Waals surface area contributed by atoms with Crippen molar-refractivity contribution in [1.82, 2.24) is 4.31 Å². The Morgan fingerprint density at radius 1 is 1.50 bits per heavy atom. The van der Waals surface area contributed by atoms with E-state index in [4.69, 9.17) is 0 Å². The highest BCUT2D eigenvalue weighted by Gasteiger charge is 2.35. The molecule has 1 fully saturated rings. The van der Waals surface area contributed by atoms with Crippen LogP contribution in [-0.2, 0) is 10.0 Å². The molecule has 6 heteroatoms. The summed E-state index contributed by atoms with van der Waals surface area (Å²) < 4.78 is 39.3. The summed E-state index contributed by atoms with van der Waals surface area (Å²) in [6, 6.07) is 3.34. The van der Waals surface area contributed by atoms with Crippen LogP contribution in [0, 0.1) is 12.7 Å². The molecule has 2 rings (SSSR count). The molecule has 1 N–H and O–H groups in total. The molecule has 1 aromatic carbocycles. The summed E-state index contributed by atoms with van der Waals surface area (Å²) in [4.78, 5) is -0.0112. The van der Waals surface area contributed by atoms with Crippen molar-refractivity contribution in [2.45, 2.75) is 30.7 Å². The van der Waals surface area contributed by atoms with Crippen LogP contribution in [0.5, 0.6) is 0 Å². The number of rotatable bonds is 3. The van der Waals surface area contributed by atoms with Gasteiger partial charge in [-0.3, -0.25) is 0 Å². The molecule has 1 atom stereocenters. The van der Waals surface area contributed by atoms with Gasteiger partial charge in [0.2, 0.25) is 10.0 Å². The maximum atomic E-state index is 13.2. The number of benzene rings is 1. The molecule has 1 aliphatic heterocycles. The monoisotopic (exact) mass is 273 g/mol. The zero-order valence-corrected chi connectivity index (χ0v) is 11.0. The molecule has 0 spiro atoms. The molecule has 0 unspecified atom stereocenters. The van der Waals surface area contributed by atoms with Crippen LogP contribution in [0.1, 0.15) is 18.4 Å². The molecule has 0 saturated carbocycles. The van der Waals surface area contributed by atoms with Crippen LogP contribution in [0.2, 0.25) is 0 Å². The number of sulfonamides is 1. The summed E-state index contributed by atoms with van der Waals surface area (Å²) in [5.74, 6) is -0.570. The maximum Gasteiger partial charge on any atom is 0.243 e. The number of halogens is 1. The summed E-state index contributed by atoms with van der Waals surface area (Å²) in [5.41, 5.74) is 0.514. The number of hydrogen-bond acceptors (Lipinski definition) is 3. The predicted molar refractivity (Wildman–Crippen MR) is 65.1 cm³/mol. The molecule has 1 aromatic rings. The van der Waals surface area contributed by atoms with E-state index < -0.39 is 21.9 Å². The average Bonchev–Trinajstić information content (AvgIpc) is 2.81. The van der Waals surface area contributed by atoms with Gasteiger partial charge in [0.1, 0.15) is 5.82 Å². The molecule has 0 amide bonds. The minimum atomic E-state index is -3.72. The van der Waals surface area contributed by atoms with Gasteiger partial charge in [-0.25, -0.2) is 12.8 Å². The highest BCUT2D eigenvalue weighted by atomic mass is 32.2. The third-order valence-corrected chi connectivity index (χ3v) is 5.36. The fourth-order valence-corrected chi connectivity index (χ4v) is 4.21. The van der Waals surface area contributed by atoms with Gasteiger partial charge in [-0.2, -0.15) is 4.31 Å². The number of aryl methyl sites for hydroxylation is 1. The zero-order valence-electron chi connectivity index (χ0n) is 10.1. The van der Waals surface area contributed by atoms with Gasteiger partial charge in [0.15, 0.2) is 0 Å². The maximum absolute atomic E-state index is 13.2. The molecule has 100 valence electrons. The lowest BCUT2D eigenvalue weighted by molar-refractivity contribution is 0.213. The Labute approximate surface area is 106 Å². The van der Waals surface area contributed by atoms with Crippen LogP contribution >= 0.6 is 0 Å². The first kappa shape index (κ1) is 13.5. The normalized spacial score (nSPS) is 21.4. The number of aliphatic hydroxyl groups excluding tert-OH is 1. The molecule has 4 nitrogen and oxygen atoms in total. The first-order chi connectivity index (χ1) is 8.46. The van der Waals surface area contributed by atoms with E-state index in [1.807, 2.05) is 0 Å². The molecule has 18 heavy (non-hydrogen) atoms.